The van der Waals surface area contributed by atoms with E-state index in [0.717, 1.165) is 13.0 Å². The summed E-state index contributed by atoms with van der Waals surface area (Å²) in [4.78, 5) is 0. The van der Waals surface area contributed by atoms with Crippen LogP contribution >= 0.6 is 0 Å². The normalized spacial score (nSPS) is 11.7. The van der Waals surface area contributed by atoms with Crippen LogP contribution < -0.4 is 11.1 Å². The van der Waals surface area contributed by atoms with E-state index in [1.54, 1.807) is 0 Å². The fraction of sp³-hybridized carbons (Fsp3) is 0.778. The van der Waals surface area contributed by atoms with Crippen LogP contribution in [0.2, 0.25) is 0 Å². The molecular formula is C9H18N4O. The summed E-state index contributed by atoms with van der Waals surface area (Å²) in [6.45, 7) is 7.61. The molecular weight excluding hydrogens is 180 g/mol. The minimum atomic E-state index is 0.233. The molecule has 0 aliphatic rings. The smallest absolute Gasteiger partial charge is 0.315 e. The molecule has 80 valence electrons. The zero-order valence-corrected chi connectivity index (χ0v) is 9.00. The van der Waals surface area contributed by atoms with E-state index in [-0.39, 0.29) is 12.0 Å². The van der Waals surface area contributed by atoms with Crippen molar-refractivity contribution in [3.8, 4) is 0 Å². The van der Waals surface area contributed by atoms with Crippen LogP contribution in [0, 0.1) is 5.41 Å². The Morgan fingerprint density at radius 3 is 2.64 bits per heavy atom. The lowest BCUT2D eigenvalue weighted by molar-refractivity contribution is 0.371. The Hall–Kier alpha value is -1.10. The number of rotatable bonds is 5. The molecule has 0 unspecified atom stereocenters. The Morgan fingerprint density at radius 2 is 2.14 bits per heavy atom. The average Bonchev–Trinajstić information content (AvgIpc) is 2.63. The predicted octanol–water partition coefficient (Wildman–Crippen LogP) is 1.38. The molecule has 0 bridgehead atoms. The van der Waals surface area contributed by atoms with Gasteiger partial charge < -0.3 is 15.5 Å². The minimum absolute atomic E-state index is 0.233. The van der Waals surface area contributed by atoms with Gasteiger partial charge in [0.15, 0.2) is 0 Å². The third-order valence-corrected chi connectivity index (χ3v) is 2.32. The standard InChI is InChI=1S/C9H18N4O/c1-4-9(2,3)6-11-8-13-12-7(5-10)14-8/h4-6,10H2,1-3H3,(H,11,13). The van der Waals surface area contributed by atoms with E-state index in [9.17, 15) is 0 Å². The molecule has 5 heteroatoms. The second-order valence-corrected chi connectivity index (χ2v) is 4.08. The third-order valence-electron chi connectivity index (χ3n) is 2.32. The van der Waals surface area contributed by atoms with Gasteiger partial charge in [-0.15, -0.1) is 5.10 Å². The summed E-state index contributed by atoms with van der Waals surface area (Å²) >= 11 is 0. The maximum atomic E-state index is 5.35. The lowest BCUT2D eigenvalue weighted by Gasteiger charge is -2.21. The van der Waals surface area contributed by atoms with Crippen LogP contribution in [0.15, 0.2) is 4.42 Å². The maximum Gasteiger partial charge on any atom is 0.315 e. The van der Waals surface area contributed by atoms with Crippen molar-refractivity contribution in [2.75, 3.05) is 11.9 Å². The molecule has 0 saturated heterocycles. The van der Waals surface area contributed by atoms with Crippen LogP contribution in [-0.2, 0) is 6.54 Å². The molecule has 0 atom stereocenters. The van der Waals surface area contributed by atoms with Gasteiger partial charge in [0.05, 0.1) is 6.54 Å². The van der Waals surface area contributed by atoms with E-state index in [1.807, 2.05) is 0 Å². The molecule has 0 amide bonds. The predicted molar refractivity (Wildman–Crippen MR) is 54.8 cm³/mol. The summed E-state index contributed by atoms with van der Waals surface area (Å²) in [7, 11) is 0. The zero-order chi connectivity index (χ0) is 10.6. The molecule has 1 aromatic rings. The van der Waals surface area contributed by atoms with Crippen LogP contribution in [0.25, 0.3) is 0 Å². The van der Waals surface area contributed by atoms with Crippen LogP contribution in [-0.4, -0.2) is 16.7 Å². The Labute approximate surface area is 84.1 Å². The fourth-order valence-electron chi connectivity index (χ4n) is 0.847. The van der Waals surface area contributed by atoms with Crippen molar-refractivity contribution in [2.45, 2.75) is 33.7 Å². The van der Waals surface area contributed by atoms with E-state index in [1.165, 1.54) is 0 Å². The molecule has 0 spiro atoms. The summed E-state index contributed by atoms with van der Waals surface area (Å²) in [5.41, 5.74) is 5.58. The van der Waals surface area contributed by atoms with Crippen LogP contribution in [0.5, 0.6) is 0 Å². The molecule has 1 aromatic heterocycles. The maximum absolute atomic E-state index is 5.35. The SMILES string of the molecule is CCC(C)(C)CNc1nnc(CN)o1. The first-order chi connectivity index (χ1) is 6.57. The number of hydrogen-bond acceptors (Lipinski definition) is 5. The highest BCUT2D eigenvalue weighted by Gasteiger charge is 2.15. The molecule has 0 radical (unpaired) electrons. The molecule has 0 fully saturated rings. The van der Waals surface area contributed by atoms with Gasteiger partial charge in [-0.25, -0.2) is 0 Å². The Bertz CT molecular complexity index is 282. The van der Waals surface area contributed by atoms with Crippen molar-refractivity contribution in [3.63, 3.8) is 0 Å². The first-order valence-electron chi connectivity index (χ1n) is 4.84. The van der Waals surface area contributed by atoms with Gasteiger partial charge in [-0.05, 0) is 11.8 Å². The van der Waals surface area contributed by atoms with Gasteiger partial charge in [0.2, 0.25) is 5.89 Å². The Morgan fingerprint density at radius 1 is 1.43 bits per heavy atom. The van der Waals surface area contributed by atoms with Crippen LogP contribution in [0.4, 0.5) is 6.01 Å². The van der Waals surface area contributed by atoms with Crippen molar-refractivity contribution >= 4 is 6.01 Å². The quantitative estimate of drug-likeness (QED) is 0.747. The lowest BCUT2D eigenvalue weighted by Crippen LogP contribution is -2.22. The van der Waals surface area contributed by atoms with E-state index >= 15 is 0 Å². The summed E-state index contributed by atoms with van der Waals surface area (Å²) in [6, 6.07) is 0.451. The van der Waals surface area contributed by atoms with Gasteiger partial charge in [0.25, 0.3) is 0 Å². The molecule has 14 heavy (non-hydrogen) atoms. The molecule has 3 N–H and O–H groups in total. The van der Waals surface area contributed by atoms with Gasteiger partial charge >= 0.3 is 6.01 Å². The molecule has 1 rings (SSSR count). The molecule has 0 aliphatic heterocycles. The van der Waals surface area contributed by atoms with Crippen molar-refractivity contribution in [2.24, 2.45) is 11.1 Å². The van der Waals surface area contributed by atoms with Gasteiger partial charge in [-0.3, -0.25) is 0 Å². The lowest BCUT2D eigenvalue weighted by atomic mass is 9.90. The summed E-state index contributed by atoms with van der Waals surface area (Å²) in [5, 5.41) is 10.7. The van der Waals surface area contributed by atoms with E-state index in [4.69, 9.17) is 10.2 Å². The average molecular weight is 198 g/mol. The van der Waals surface area contributed by atoms with Gasteiger partial charge in [-0.2, -0.15) is 0 Å². The highest BCUT2D eigenvalue weighted by Crippen LogP contribution is 2.19. The molecule has 1 heterocycles. The molecule has 0 saturated carbocycles. The highest BCUT2D eigenvalue weighted by molar-refractivity contribution is 5.17. The second-order valence-electron chi connectivity index (χ2n) is 4.08. The van der Waals surface area contributed by atoms with E-state index in [2.05, 4.69) is 36.3 Å². The highest BCUT2D eigenvalue weighted by atomic mass is 16.4. The van der Waals surface area contributed by atoms with Crippen LogP contribution in [0.3, 0.4) is 0 Å². The van der Waals surface area contributed by atoms with Gasteiger partial charge in [0.1, 0.15) is 0 Å². The second kappa shape index (κ2) is 4.41. The number of nitrogens with one attached hydrogen (secondary N) is 1. The summed E-state index contributed by atoms with van der Waals surface area (Å²) in [6.07, 6.45) is 1.10. The Kier molecular flexibility index (Phi) is 3.46. The molecule has 5 nitrogen and oxygen atoms in total. The number of nitrogens with two attached hydrogens (primary N) is 1. The van der Waals surface area contributed by atoms with Crippen molar-refractivity contribution < 1.29 is 4.42 Å². The molecule has 0 aliphatic carbocycles. The topological polar surface area (TPSA) is 77.0 Å². The Balaban J connectivity index is 2.45. The molecule has 0 aromatic carbocycles. The summed E-state index contributed by atoms with van der Waals surface area (Å²) in [5.74, 6) is 0.460. The first-order valence-corrected chi connectivity index (χ1v) is 4.84. The summed E-state index contributed by atoms with van der Waals surface area (Å²) < 4.78 is 5.21. The number of aromatic nitrogens is 2. The van der Waals surface area contributed by atoms with Crippen molar-refractivity contribution in [1.82, 2.24) is 10.2 Å². The first kappa shape index (κ1) is 11.0. The monoisotopic (exact) mass is 198 g/mol. The van der Waals surface area contributed by atoms with Gasteiger partial charge in [0, 0.05) is 6.54 Å². The minimum Gasteiger partial charge on any atom is -0.407 e. The van der Waals surface area contributed by atoms with E-state index < -0.39 is 0 Å². The van der Waals surface area contributed by atoms with Crippen LogP contribution in [0.1, 0.15) is 33.1 Å². The number of nitrogens with zero attached hydrogens (tertiary/aromatic N) is 2. The zero-order valence-electron chi connectivity index (χ0n) is 9.00. The van der Waals surface area contributed by atoms with Crippen molar-refractivity contribution in [1.29, 1.82) is 0 Å². The number of hydrogen-bond donors (Lipinski definition) is 2. The fourth-order valence-corrected chi connectivity index (χ4v) is 0.847. The van der Waals surface area contributed by atoms with Crippen molar-refractivity contribution in [3.05, 3.63) is 5.89 Å². The van der Waals surface area contributed by atoms with E-state index in [0.29, 0.717) is 11.9 Å². The largest absolute Gasteiger partial charge is 0.407 e. The van der Waals surface area contributed by atoms with Gasteiger partial charge in [-0.1, -0.05) is 25.9 Å². The number of anilines is 1. The third kappa shape index (κ3) is 2.99.